The number of thiophene rings is 1. The van der Waals surface area contributed by atoms with Gasteiger partial charge in [-0.05, 0) is 61.4 Å². The average Bonchev–Trinajstić information content (AvgIpc) is 3.27. The van der Waals surface area contributed by atoms with Gasteiger partial charge < -0.3 is 20.5 Å². The molecule has 4 rings (SSSR count). The average molecular weight is 537 g/mol. The van der Waals surface area contributed by atoms with Crippen LogP contribution in [0.4, 0.5) is 8.78 Å². The van der Waals surface area contributed by atoms with E-state index in [0.29, 0.717) is 35.6 Å². The quantitative estimate of drug-likeness (QED) is 0.351. The second-order valence-corrected chi connectivity index (χ2v) is 10.0. The van der Waals surface area contributed by atoms with Gasteiger partial charge in [-0.3, -0.25) is 14.4 Å². The lowest BCUT2D eigenvalue weighted by Gasteiger charge is -2.27. The molecule has 3 aromatic rings. The highest BCUT2D eigenvalue weighted by atomic mass is 35.5. The smallest absolute Gasteiger partial charge is 0.306 e. The number of benzene rings is 2. The Bertz CT molecular complexity index is 1310. The van der Waals surface area contributed by atoms with Gasteiger partial charge in [0.05, 0.1) is 22.5 Å². The van der Waals surface area contributed by atoms with Crippen LogP contribution in [-0.4, -0.2) is 42.1 Å². The fourth-order valence-electron chi connectivity index (χ4n) is 4.06. The van der Waals surface area contributed by atoms with E-state index in [1.54, 1.807) is 18.2 Å². The molecule has 1 aromatic heterocycles. The summed E-state index contributed by atoms with van der Waals surface area (Å²) in [6, 6.07) is 8.64. The minimum Gasteiger partial charge on any atom is -0.487 e. The van der Waals surface area contributed by atoms with E-state index in [1.165, 1.54) is 11.3 Å². The molecule has 7 nitrogen and oxygen atoms in total. The lowest BCUT2D eigenvalue weighted by Crippen LogP contribution is -2.34. The van der Waals surface area contributed by atoms with Crippen LogP contribution in [0.1, 0.15) is 45.7 Å². The van der Waals surface area contributed by atoms with Gasteiger partial charge in [0.1, 0.15) is 5.82 Å². The maximum absolute atomic E-state index is 14.5. The molecule has 2 aromatic carbocycles. The van der Waals surface area contributed by atoms with E-state index in [2.05, 4.69) is 10.6 Å². The Hall–Kier alpha value is -3.24. The lowest BCUT2D eigenvalue weighted by atomic mass is 9.87. The highest BCUT2D eigenvalue weighted by molar-refractivity contribution is 7.20. The third-order valence-corrected chi connectivity index (χ3v) is 7.33. The van der Waals surface area contributed by atoms with Crippen molar-refractivity contribution >= 4 is 50.8 Å². The van der Waals surface area contributed by atoms with Gasteiger partial charge in [-0.25, -0.2) is 8.78 Å². The van der Waals surface area contributed by atoms with Gasteiger partial charge in [0.2, 0.25) is 0 Å². The topological polar surface area (TPSA) is 105 Å². The van der Waals surface area contributed by atoms with Crippen molar-refractivity contribution in [3.8, 4) is 5.75 Å². The van der Waals surface area contributed by atoms with Crippen LogP contribution in [0.15, 0.2) is 36.4 Å². The third kappa shape index (κ3) is 6.11. The molecule has 1 aliphatic carbocycles. The molecule has 0 spiro atoms. The van der Waals surface area contributed by atoms with E-state index in [-0.39, 0.29) is 24.7 Å². The van der Waals surface area contributed by atoms with Crippen LogP contribution in [0, 0.1) is 17.6 Å². The number of ether oxygens (including phenoxy) is 1. The summed E-state index contributed by atoms with van der Waals surface area (Å²) in [5, 5.41) is 15.6. The van der Waals surface area contributed by atoms with Crippen molar-refractivity contribution in [2.24, 2.45) is 5.92 Å². The second-order valence-electron chi connectivity index (χ2n) is 8.50. The van der Waals surface area contributed by atoms with E-state index >= 15 is 0 Å². The number of aliphatic carboxylic acids is 1. The molecule has 0 bridgehead atoms. The summed E-state index contributed by atoms with van der Waals surface area (Å²) in [4.78, 5) is 36.2. The normalized spacial score (nSPS) is 17.5. The maximum Gasteiger partial charge on any atom is 0.306 e. The molecular formula is C25H23ClF2N2O5S. The summed E-state index contributed by atoms with van der Waals surface area (Å²) in [6.07, 6.45) is 1.22. The van der Waals surface area contributed by atoms with Gasteiger partial charge in [0, 0.05) is 28.9 Å². The van der Waals surface area contributed by atoms with E-state index in [4.69, 9.17) is 21.4 Å². The standard InChI is InChI=1S/C25H23ClF2N2O5S/c26-15-3-6-21-14(9-15)10-22(36-21)24(32)30-8-7-29-23(31)17-11-19(28)20(12-18(17)27)35-16-4-1-13(2-5-16)25(33)34/h3,6,9-13,16H,1-2,4-5,7-8H2,(H,29,31)(H,30,32)(H,33,34)/t13-,16+. The van der Waals surface area contributed by atoms with Crippen LogP contribution in [0.2, 0.25) is 5.02 Å². The van der Waals surface area contributed by atoms with Crippen LogP contribution in [0.25, 0.3) is 10.1 Å². The number of halogens is 3. The minimum atomic E-state index is -0.948. The third-order valence-electron chi connectivity index (χ3n) is 5.98. The summed E-state index contributed by atoms with van der Waals surface area (Å²) in [7, 11) is 0. The van der Waals surface area contributed by atoms with E-state index in [9.17, 15) is 23.2 Å². The minimum absolute atomic E-state index is 0.00737. The summed E-state index contributed by atoms with van der Waals surface area (Å²) in [5.41, 5.74) is -0.484. The fourth-order valence-corrected chi connectivity index (χ4v) is 5.20. The van der Waals surface area contributed by atoms with Crippen LogP contribution >= 0.6 is 22.9 Å². The van der Waals surface area contributed by atoms with Gasteiger partial charge in [0.15, 0.2) is 11.6 Å². The molecule has 1 aliphatic rings. The first-order valence-corrected chi connectivity index (χ1v) is 12.5. The Morgan fingerprint density at radius 1 is 0.972 bits per heavy atom. The maximum atomic E-state index is 14.5. The van der Waals surface area contributed by atoms with Gasteiger partial charge in [-0.2, -0.15) is 0 Å². The zero-order valence-corrected chi connectivity index (χ0v) is 20.6. The summed E-state index contributed by atoms with van der Waals surface area (Å²) < 4.78 is 35.5. The van der Waals surface area contributed by atoms with E-state index < -0.39 is 41.1 Å². The van der Waals surface area contributed by atoms with Crippen LogP contribution < -0.4 is 15.4 Å². The predicted octanol–water partition coefficient (Wildman–Crippen LogP) is 5.01. The number of rotatable bonds is 8. The first kappa shape index (κ1) is 25.8. The summed E-state index contributed by atoms with van der Waals surface area (Å²) in [6.45, 7) is 0.0946. The zero-order valence-electron chi connectivity index (χ0n) is 19.0. The van der Waals surface area contributed by atoms with E-state index in [0.717, 1.165) is 22.2 Å². The van der Waals surface area contributed by atoms with Gasteiger partial charge in [-0.15, -0.1) is 11.3 Å². The number of fused-ring (bicyclic) bond motifs is 1. The molecule has 1 saturated carbocycles. The molecular weight excluding hydrogens is 514 g/mol. The van der Waals surface area contributed by atoms with Crippen molar-refractivity contribution in [2.45, 2.75) is 31.8 Å². The number of carboxylic acids is 1. The van der Waals surface area contributed by atoms with Crippen molar-refractivity contribution < 1.29 is 33.0 Å². The Labute approximate surface area is 214 Å². The monoisotopic (exact) mass is 536 g/mol. The van der Waals surface area contributed by atoms with Crippen LogP contribution in [0.3, 0.4) is 0 Å². The molecule has 0 atom stereocenters. The first-order valence-electron chi connectivity index (χ1n) is 11.3. The predicted molar refractivity (Wildman–Crippen MR) is 132 cm³/mol. The number of carbonyl (C=O) groups is 3. The zero-order chi connectivity index (χ0) is 25.8. The molecule has 1 heterocycles. The summed E-state index contributed by atoms with van der Waals surface area (Å²) in [5.74, 6) is -4.63. The molecule has 0 unspecified atom stereocenters. The molecule has 190 valence electrons. The molecule has 1 fully saturated rings. The Morgan fingerprint density at radius 3 is 2.36 bits per heavy atom. The number of carbonyl (C=O) groups excluding carboxylic acids is 2. The van der Waals surface area contributed by atoms with Crippen LogP contribution in [0.5, 0.6) is 5.75 Å². The molecule has 0 radical (unpaired) electrons. The van der Waals surface area contributed by atoms with Crippen LogP contribution in [-0.2, 0) is 4.79 Å². The van der Waals surface area contributed by atoms with Gasteiger partial charge >= 0.3 is 5.97 Å². The largest absolute Gasteiger partial charge is 0.487 e. The lowest BCUT2D eigenvalue weighted by molar-refractivity contribution is -0.143. The SMILES string of the molecule is O=C(NCCNC(=O)c1cc(F)c(O[C@H]2CC[C@@H](C(=O)O)CC2)cc1F)c1cc2cc(Cl)ccc2s1. The second kappa shape index (κ2) is 11.2. The number of nitrogens with one attached hydrogen (secondary N) is 2. The highest BCUT2D eigenvalue weighted by Gasteiger charge is 2.28. The molecule has 0 saturated heterocycles. The number of hydrogen-bond acceptors (Lipinski definition) is 5. The van der Waals surface area contributed by atoms with Crippen molar-refractivity contribution in [2.75, 3.05) is 13.1 Å². The van der Waals surface area contributed by atoms with Crippen molar-refractivity contribution in [1.29, 1.82) is 0 Å². The fraction of sp³-hybridized carbons (Fsp3) is 0.320. The molecule has 11 heteroatoms. The van der Waals surface area contributed by atoms with Gasteiger partial charge in [-0.1, -0.05) is 11.6 Å². The highest BCUT2D eigenvalue weighted by Crippen LogP contribution is 2.30. The number of carboxylic acid groups (broad SMARTS) is 1. The van der Waals surface area contributed by atoms with Gasteiger partial charge in [0.25, 0.3) is 11.8 Å². The van der Waals surface area contributed by atoms with E-state index in [1.807, 2.05) is 6.07 Å². The molecule has 3 N–H and O–H groups in total. The first-order chi connectivity index (χ1) is 17.2. The Morgan fingerprint density at radius 2 is 1.67 bits per heavy atom. The van der Waals surface area contributed by atoms with Crippen molar-refractivity contribution in [3.05, 3.63) is 63.5 Å². The number of amides is 2. The van der Waals surface area contributed by atoms with Crippen molar-refractivity contribution in [1.82, 2.24) is 10.6 Å². The van der Waals surface area contributed by atoms with Crippen molar-refractivity contribution in [3.63, 3.8) is 0 Å². The molecule has 36 heavy (non-hydrogen) atoms. The Balaban J connectivity index is 1.27. The Kier molecular flexibility index (Phi) is 8.05. The molecule has 0 aliphatic heterocycles. The number of hydrogen-bond donors (Lipinski definition) is 3. The summed E-state index contributed by atoms with van der Waals surface area (Å²) >= 11 is 7.27. The molecule has 2 amide bonds.